The standard InChI is InChI=1S/C8H8ClNO2.Cl2O2S/c1-5-3-4-7(9)8(6(5)2)10(11)12;1-5(2,3)4/h3-4H,1-2H3;. The van der Waals surface area contributed by atoms with Gasteiger partial charge in [-0.15, -0.1) is 0 Å². The van der Waals surface area contributed by atoms with Gasteiger partial charge in [-0.1, -0.05) is 17.7 Å². The summed E-state index contributed by atoms with van der Waals surface area (Å²) < 4.78 is 18.3. The maximum atomic E-state index is 10.5. The Morgan fingerprint density at radius 3 is 1.94 bits per heavy atom. The van der Waals surface area contributed by atoms with Crippen molar-refractivity contribution in [2.75, 3.05) is 0 Å². The van der Waals surface area contributed by atoms with Crippen LogP contribution in [0.5, 0.6) is 0 Å². The summed E-state index contributed by atoms with van der Waals surface area (Å²) in [7, 11) is 4.81. The van der Waals surface area contributed by atoms with Crippen molar-refractivity contribution in [3.63, 3.8) is 0 Å². The Balaban J connectivity index is 0.000000437. The number of rotatable bonds is 1. The van der Waals surface area contributed by atoms with E-state index in [4.69, 9.17) is 20.0 Å². The van der Waals surface area contributed by atoms with Crippen molar-refractivity contribution in [2.45, 2.75) is 13.8 Å². The molecule has 0 spiro atoms. The van der Waals surface area contributed by atoms with E-state index in [2.05, 4.69) is 21.4 Å². The molecule has 0 saturated heterocycles. The number of aryl methyl sites for hydroxylation is 1. The van der Waals surface area contributed by atoms with E-state index in [1.54, 1.807) is 19.1 Å². The maximum Gasteiger partial charge on any atom is 0.317 e. The van der Waals surface area contributed by atoms with E-state index in [-0.39, 0.29) is 10.7 Å². The van der Waals surface area contributed by atoms with Crippen LogP contribution in [0, 0.1) is 24.0 Å². The Morgan fingerprint density at radius 1 is 1.24 bits per heavy atom. The minimum absolute atomic E-state index is 0.0108. The first-order valence-electron chi connectivity index (χ1n) is 4.08. The highest BCUT2D eigenvalue weighted by Crippen LogP contribution is 2.29. The molecule has 0 radical (unpaired) electrons. The molecule has 9 heteroatoms. The number of nitro benzene ring substituents is 1. The first-order chi connectivity index (χ1) is 7.54. The molecule has 96 valence electrons. The Labute approximate surface area is 112 Å². The third-order valence-corrected chi connectivity index (χ3v) is 2.14. The number of benzene rings is 1. The van der Waals surface area contributed by atoms with E-state index >= 15 is 0 Å². The van der Waals surface area contributed by atoms with Crippen molar-refractivity contribution >= 4 is 46.9 Å². The van der Waals surface area contributed by atoms with E-state index < -0.39 is 13.2 Å². The molecule has 0 aliphatic carbocycles. The molecule has 5 nitrogen and oxygen atoms in total. The molecule has 0 fully saturated rings. The largest absolute Gasteiger partial charge is 0.317 e. The predicted octanol–water partition coefficient (Wildman–Crippen LogP) is 3.57. The fourth-order valence-corrected chi connectivity index (χ4v) is 1.27. The van der Waals surface area contributed by atoms with E-state index in [0.29, 0.717) is 5.56 Å². The van der Waals surface area contributed by atoms with Gasteiger partial charge in [0.15, 0.2) is 0 Å². The molecular formula is C8H8Cl3NO4S. The first-order valence-corrected chi connectivity index (χ1v) is 7.59. The number of nitro groups is 1. The molecule has 0 aromatic heterocycles. The molecule has 0 N–H and O–H groups in total. The molecular weight excluding hydrogens is 313 g/mol. The minimum Gasteiger partial charge on any atom is -0.258 e. The average molecular weight is 321 g/mol. The quantitative estimate of drug-likeness (QED) is 0.450. The molecule has 1 aromatic rings. The molecule has 0 amide bonds. The van der Waals surface area contributed by atoms with Gasteiger partial charge >= 0.3 is 8.26 Å². The van der Waals surface area contributed by atoms with Crippen LogP contribution < -0.4 is 0 Å². The van der Waals surface area contributed by atoms with Crippen molar-refractivity contribution in [1.29, 1.82) is 0 Å². The summed E-state index contributed by atoms with van der Waals surface area (Å²) in [5, 5.41) is 10.7. The number of hydrogen-bond donors (Lipinski definition) is 0. The highest BCUT2D eigenvalue weighted by Gasteiger charge is 2.16. The van der Waals surface area contributed by atoms with Crippen LogP contribution in [0.15, 0.2) is 12.1 Å². The topological polar surface area (TPSA) is 77.3 Å². The lowest BCUT2D eigenvalue weighted by Gasteiger charge is -2.01. The van der Waals surface area contributed by atoms with Crippen LogP contribution in [0.2, 0.25) is 5.02 Å². The Morgan fingerprint density at radius 2 is 1.65 bits per heavy atom. The molecule has 0 aliphatic heterocycles. The second-order valence-electron chi connectivity index (χ2n) is 2.97. The molecule has 1 aromatic carbocycles. The third kappa shape index (κ3) is 6.68. The van der Waals surface area contributed by atoms with Gasteiger partial charge in [0, 0.05) is 26.9 Å². The van der Waals surface area contributed by atoms with Crippen LogP contribution in [0.1, 0.15) is 11.1 Å². The summed E-state index contributed by atoms with van der Waals surface area (Å²) >= 11 is 5.65. The lowest BCUT2D eigenvalue weighted by atomic mass is 10.1. The second kappa shape index (κ2) is 6.39. The summed E-state index contributed by atoms with van der Waals surface area (Å²) in [6.45, 7) is 3.51. The third-order valence-electron chi connectivity index (χ3n) is 1.84. The van der Waals surface area contributed by atoms with Gasteiger partial charge in [-0.25, -0.2) is 0 Å². The van der Waals surface area contributed by atoms with Gasteiger partial charge in [-0.2, -0.15) is 8.42 Å². The van der Waals surface area contributed by atoms with Crippen LogP contribution in [0.3, 0.4) is 0 Å². The SMILES string of the molecule is Cc1ccc(Cl)c([N+](=O)[O-])c1C.O=S(=O)(Cl)Cl. The van der Waals surface area contributed by atoms with E-state index in [1.165, 1.54) is 0 Å². The van der Waals surface area contributed by atoms with E-state index in [9.17, 15) is 10.1 Å². The average Bonchev–Trinajstić information content (AvgIpc) is 2.08. The first kappa shape index (κ1) is 16.4. The van der Waals surface area contributed by atoms with E-state index in [0.717, 1.165) is 5.56 Å². The molecule has 1 rings (SSSR count). The van der Waals surface area contributed by atoms with Crippen LogP contribution in [-0.2, 0) is 8.26 Å². The molecule has 0 saturated carbocycles. The van der Waals surface area contributed by atoms with Crippen molar-refractivity contribution in [1.82, 2.24) is 0 Å². The smallest absolute Gasteiger partial charge is 0.258 e. The molecule has 0 unspecified atom stereocenters. The molecule has 0 aliphatic rings. The monoisotopic (exact) mass is 319 g/mol. The van der Waals surface area contributed by atoms with Crippen molar-refractivity contribution < 1.29 is 13.3 Å². The zero-order chi connectivity index (χ0) is 13.8. The summed E-state index contributed by atoms with van der Waals surface area (Å²) in [6.07, 6.45) is 0. The summed E-state index contributed by atoms with van der Waals surface area (Å²) in [5.41, 5.74) is 1.52. The summed E-state index contributed by atoms with van der Waals surface area (Å²) in [4.78, 5) is 10.1. The maximum absolute atomic E-state index is 10.5. The van der Waals surface area contributed by atoms with Gasteiger partial charge in [0.25, 0.3) is 5.69 Å². The van der Waals surface area contributed by atoms with Gasteiger partial charge in [0.1, 0.15) is 5.02 Å². The molecule has 0 atom stereocenters. The number of hydrogen-bond acceptors (Lipinski definition) is 4. The van der Waals surface area contributed by atoms with Gasteiger partial charge < -0.3 is 0 Å². The highest BCUT2D eigenvalue weighted by atomic mass is 36.0. The van der Waals surface area contributed by atoms with Crippen LogP contribution in [-0.4, -0.2) is 13.3 Å². The van der Waals surface area contributed by atoms with Gasteiger partial charge in [-0.3, -0.25) is 10.1 Å². The number of nitrogens with zero attached hydrogens (tertiary/aromatic N) is 1. The van der Waals surface area contributed by atoms with E-state index in [1.807, 2.05) is 6.92 Å². The van der Waals surface area contributed by atoms with Crippen molar-refractivity contribution in [3.05, 3.63) is 38.4 Å². The molecule has 0 bridgehead atoms. The Bertz CT molecular complexity index is 522. The zero-order valence-electron chi connectivity index (χ0n) is 8.78. The van der Waals surface area contributed by atoms with Crippen molar-refractivity contribution in [3.8, 4) is 0 Å². The molecule has 17 heavy (non-hydrogen) atoms. The normalized spacial score (nSPS) is 10.4. The fraction of sp³-hybridized carbons (Fsp3) is 0.250. The van der Waals surface area contributed by atoms with Gasteiger partial charge in [-0.05, 0) is 25.5 Å². The summed E-state index contributed by atoms with van der Waals surface area (Å²) in [5.74, 6) is 0. The predicted molar refractivity (Wildman–Crippen MR) is 68.2 cm³/mol. The van der Waals surface area contributed by atoms with Crippen LogP contribution in [0.25, 0.3) is 0 Å². The van der Waals surface area contributed by atoms with Crippen LogP contribution >= 0.6 is 33.0 Å². The second-order valence-corrected chi connectivity index (χ2v) is 7.05. The zero-order valence-corrected chi connectivity index (χ0v) is 11.9. The van der Waals surface area contributed by atoms with Crippen LogP contribution in [0.4, 0.5) is 5.69 Å². The minimum atomic E-state index is -3.72. The lowest BCUT2D eigenvalue weighted by Crippen LogP contribution is -1.94. The fourth-order valence-electron chi connectivity index (χ4n) is 0.992. The Hall–Kier alpha value is -0.560. The molecule has 0 heterocycles. The number of halogens is 3. The lowest BCUT2D eigenvalue weighted by molar-refractivity contribution is -0.385. The van der Waals surface area contributed by atoms with Gasteiger partial charge in [0.2, 0.25) is 0 Å². The Kier molecular flexibility index (Phi) is 6.18. The summed E-state index contributed by atoms with van der Waals surface area (Å²) in [6, 6.07) is 3.31. The van der Waals surface area contributed by atoms with Crippen molar-refractivity contribution in [2.24, 2.45) is 0 Å². The highest BCUT2D eigenvalue weighted by molar-refractivity contribution is 8.31. The van der Waals surface area contributed by atoms with Gasteiger partial charge in [0.05, 0.1) is 4.92 Å².